The van der Waals surface area contributed by atoms with Gasteiger partial charge in [0.15, 0.2) is 0 Å². The molecule has 0 fully saturated rings. The summed E-state index contributed by atoms with van der Waals surface area (Å²) in [4.78, 5) is 7.59. The average Bonchev–Trinajstić information content (AvgIpc) is 3.35. The Kier molecular flexibility index (Phi) is 4.43. The van der Waals surface area contributed by atoms with Gasteiger partial charge in [0.25, 0.3) is 5.78 Å². The maximum absolute atomic E-state index is 13.0. The lowest BCUT2D eigenvalue weighted by Crippen LogP contribution is -2.11. The molecule has 1 N–H and O–H groups in total. The molecule has 156 valence electrons. The van der Waals surface area contributed by atoms with Crippen LogP contribution < -0.4 is 10.1 Å². The van der Waals surface area contributed by atoms with Crippen molar-refractivity contribution in [3.8, 4) is 11.5 Å². The zero-order valence-electron chi connectivity index (χ0n) is 15.8. The summed E-state index contributed by atoms with van der Waals surface area (Å²) in [6, 6.07) is 13.3. The lowest BCUT2D eigenvalue weighted by atomic mass is 10.3. The van der Waals surface area contributed by atoms with E-state index in [-0.39, 0.29) is 17.4 Å². The Bertz CT molecular complexity index is 1400. The van der Waals surface area contributed by atoms with E-state index in [2.05, 4.69) is 29.1 Å². The van der Waals surface area contributed by atoms with Crippen LogP contribution in [0.5, 0.6) is 11.5 Å². The third-order valence-corrected chi connectivity index (χ3v) is 4.91. The molecule has 3 heterocycles. The summed E-state index contributed by atoms with van der Waals surface area (Å²) in [5, 5.41) is 7.12. The molecule has 0 saturated carbocycles. The molecule has 0 unspecified atom stereocenters. The molecular weight excluding hydrogens is 431 g/mol. The van der Waals surface area contributed by atoms with Crippen molar-refractivity contribution >= 4 is 40.2 Å². The number of anilines is 2. The van der Waals surface area contributed by atoms with Gasteiger partial charge in [0, 0.05) is 17.4 Å². The van der Waals surface area contributed by atoms with Gasteiger partial charge < -0.3 is 10.1 Å². The molecule has 3 aromatic heterocycles. The van der Waals surface area contributed by atoms with E-state index in [1.54, 1.807) is 36.4 Å². The van der Waals surface area contributed by atoms with Crippen LogP contribution in [0.25, 0.3) is 16.8 Å². The van der Waals surface area contributed by atoms with Gasteiger partial charge in [0.2, 0.25) is 5.95 Å². The van der Waals surface area contributed by atoms with Crippen molar-refractivity contribution < 1.29 is 17.9 Å². The molecule has 0 radical (unpaired) electrons. The number of hydrogen-bond donors (Lipinski definition) is 1. The van der Waals surface area contributed by atoms with E-state index in [0.29, 0.717) is 17.2 Å². The standard InChI is InChI=1S/C19H12F3N7OS/c1-10-8-16(19(20,21)22)24-18-25-17(26-29(10)18)23-11-2-4-12(5-3-11)30-13-6-7-14-15(9-13)28-31-27-14/h2-9H,1H3,(H,23,26). The fourth-order valence-electron chi connectivity index (χ4n) is 2.91. The molecule has 0 aliphatic rings. The maximum atomic E-state index is 13.0. The molecule has 0 aliphatic carbocycles. The number of aromatic nitrogens is 6. The van der Waals surface area contributed by atoms with Crippen molar-refractivity contribution in [1.29, 1.82) is 0 Å². The SMILES string of the molecule is Cc1cc(C(F)(F)F)nc2nc(Nc3ccc(Oc4ccc5nsnc5c4)cc3)nn12. The van der Waals surface area contributed by atoms with Gasteiger partial charge >= 0.3 is 6.18 Å². The summed E-state index contributed by atoms with van der Waals surface area (Å²) >= 11 is 1.14. The van der Waals surface area contributed by atoms with Crippen LogP contribution >= 0.6 is 11.7 Å². The third kappa shape index (κ3) is 3.84. The van der Waals surface area contributed by atoms with Crippen molar-refractivity contribution in [3.63, 3.8) is 0 Å². The second-order valence-corrected chi connectivity index (χ2v) is 7.12. The maximum Gasteiger partial charge on any atom is 0.433 e. The van der Waals surface area contributed by atoms with Crippen LogP contribution in [0, 0.1) is 6.92 Å². The lowest BCUT2D eigenvalue weighted by molar-refractivity contribution is -0.141. The summed E-state index contributed by atoms with van der Waals surface area (Å²) in [6.07, 6.45) is -4.55. The van der Waals surface area contributed by atoms with Crippen LogP contribution in [0.3, 0.4) is 0 Å². The summed E-state index contributed by atoms with van der Waals surface area (Å²) in [6.45, 7) is 1.51. The van der Waals surface area contributed by atoms with E-state index < -0.39 is 11.9 Å². The molecule has 0 atom stereocenters. The van der Waals surface area contributed by atoms with Crippen molar-refractivity contribution in [3.05, 3.63) is 59.9 Å². The van der Waals surface area contributed by atoms with Crippen LogP contribution in [0.1, 0.15) is 11.4 Å². The first-order valence-electron chi connectivity index (χ1n) is 8.94. The molecule has 5 rings (SSSR count). The van der Waals surface area contributed by atoms with E-state index in [0.717, 1.165) is 28.8 Å². The summed E-state index contributed by atoms with van der Waals surface area (Å²) < 4.78 is 54.3. The highest BCUT2D eigenvalue weighted by atomic mass is 32.1. The monoisotopic (exact) mass is 443 g/mol. The van der Waals surface area contributed by atoms with Gasteiger partial charge in [-0.15, -0.1) is 5.10 Å². The molecule has 0 saturated heterocycles. The minimum atomic E-state index is -4.55. The Morgan fingerprint density at radius 1 is 0.935 bits per heavy atom. The number of rotatable bonds is 4. The summed E-state index contributed by atoms with van der Waals surface area (Å²) in [7, 11) is 0. The first-order valence-corrected chi connectivity index (χ1v) is 9.67. The van der Waals surface area contributed by atoms with Crippen LogP contribution in [-0.2, 0) is 6.18 Å². The predicted octanol–water partition coefficient (Wildman–Crippen LogP) is 4.99. The Hall–Kier alpha value is -3.80. The molecular formula is C19H12F3N7OS. The lowest BCUT2D eigenvalue weighted by Gasteiger charge is -2.07. The van der Waals surface area contributed by atoms with Gasteiger partial charge in [-0.3, -0.25) is 0 Å². The zero-order valence-corrected chi connectivity index (χ0v) is 16.6. The molecule has 0 spiro atoms. The largest absolute Gasteiger partial charge is 0.457 e. The quantitative estimate of drug-likeness (QED) is 0.418. The Morgan fingerprint density at radius 3 is 2.45 bits per heavy atom. The molecule has 31 heavy (non-hydrogen) atoms. The van der Waals surface area contributed by atoms with Crippen LogP contribution in [-0.4, -0.2) is 28.3 Å². The van der Waals surface area contributed by atoms with Crippen molar-refractivity contribution in [2.75, 3.05) is 5.32 Å². The number of nitrogens with one attached hydrogen (secondary N) is 1. The van der Waals surface area contributed by atoms with E-state index in [4.69, 9.17) is 4.74 Å². The van der Waals surface area contributed by atoms with Gasteiger partial charge in [-0.2, -0.15) is 31.4 Å². The highest BCUT2D eigenvalue weighted by molar-refractivity contribution is 7.00. The predicted molar refractivity (Wildman–Crippen MR) is 108 cm³/mol. The number of benzene rings is 2. The normalized spacial score (nSPS) is 11.9. The van der Waals surface area contributed by atoms with Crippen LogP contribution in [0.4, 0.5) is 24.8 Å². The topological polar surface area (TPSA) is 90.1 Å². The Balaban J connectivity index is 1.34. The van der Waals surface area contributed by atoms with E-state index >= 15 is 0 Å². The number of fused-ring (bicyclic) bond motifs is 2. The molecule has 5 aromatic rings. The number of alkyl halides is 3. The molecule has 12 heteroatoms. The van der Waals surface area contributed by atoms with Crippen molar-refractivity contribution in [1.82, 2.24) is 28.3 Å². The first-order chi connectivity index (χ1) is 14.8. The fraction of sp³-hybridized carbons (Fsp3) is 0.105. The Labute approximate surface area is 176 Å². The second-order valence-electron chi connectivity index (χ2n) is 6.59. The van der Waals surface area contributed by atoms with E-state index in [1.165, 1.54) is 11.4 Å². The third-order valence-electron chi connectivity index (χ3n) is 4.35. The van der Waals surface area contributed by atoms with Crippen LogP contribution in [0.15, 0.2) is 48.5 Å². The number of nitrogens with zero attached hydrogens (tertiary/aromatic N) is 6. The van der Waals surface area contributed by atoms with Crippen molar-refractivity contribution in [2.24, 2.45) is 0 Å². The van der Waals surface area contributed by atoms with Gasteiger partial charge in [-0.05, 0) is 49.4 Å². The number of ether oxygens (including phenoxy) is 1. The smallest absolute Gasteiger partial charge is 0.433 e. The van der Waals surface area contributed by atoms with E-state index in [1.807, 2.05) is 6.07 Å². The molecule has 2 aromatic carbocycles. The highest BCUT2D eigenvalue weighted by Crippen LogP contribution is 2.29. The second kappa shape index (κ2) is 7.16. The van der Waals surface area contributed by atoms with E-state index in [9.17, 15) is 13.2 Å². The summed E-state index contributed by atoms with van der Waals surface area (Å²) in [5.41, 5.74) is 1.47. The minimum Gasteiger partial charge on any atom is -0.457 e. The highest BCUT2D eigenvalue weighted by Gasteiger charge is 2.33. The number of halogens is 3. The first kappa shape index (κ1) is 19.2. The Morgan fingerprint density at radius 2 is 1.68 bits per heavy atom. The number of aryl methyl sites for hydroxylation is 1. The molecule has 0 bridgehead atoms. The molecule has 0 aliphatic heterocycles. The number of hydrogen-bond acceptors (Lipinski definition) is 8. The fourth-order valence-corrected chi connectivity index (χ4v) is 3.42. The molecule has 8 nitrogen and oxygen atoms in total. The van der Waals surface area contributed by atoms with Gasteiger partial charge in [-0.1, -0.05) is 0 Å². The van der Waals surface area contributed by atoms with Gasteiger partial charge in [0.05, 0.1) is 11.7 Å². The van der Waals surface area contributed by atoms with Crippen LogP contribution in [0.2, 0.25) is 0 Å². The minimum absolute atomic E-state index is 0.130. The van der Waals surface area contributed by atoms with Gasteiger partial charge in [0.1, 0.15) is 28.2 Å². The van der Waals surface area contributed by atoms with Gasteiger partial charge in [-0.25, -0.2) is 4.98 Å². The van der Waals surface area contributed by atoms with Crippen molar-refractivity contribution in [2.45, 2.75) is 13.1 Å². The zero-order chi connectivity index (χ0) is 21.6. The average molecular weight is 443 g/mol. The molecule has 0 amide bonds. The summed E-state index contributed by atoms with van der Waals surface area (Å²) in [5.74, 6) is 1.22.